The first kappa shape index (κ1) is 13.3. The fraction of sp³-hybridized carbons (Fsp3) is 0.714. The summed E-state index contributed by atoms with van der Waals surface area (Å²) >= 11 is 0. The molecule has 4 heteroatoms. The number of nitrogens with one attached hydrogen (secondary N) is 2. The van der Waals surface area contributed by atoms with Crippen molar-refractivity contribution in [3.8, 4) is 0 Å². The van der Waals surface area contributed by atoms with Gasteiger partial charge in [-0.3, -0.25) is 0 Å². The third-order valence-electron chi connectivity index (χ3n) is 3.49. The van der Waals surface area contributed by atoms with Gasteiger partial charge in [0.15, 0.2) is 0 Å². The minimum absolute atomic E-state index is 0.681. The maximum absolute atomic E-state index is 4.29. The molecular formula is C14H24N4. The van der Waals surface area contributed by atoms with Crippen LogP contribution in [0, 0.1) is 0 Å². The summed E-state index contributed by atoms with van der Waals surface area (Å²) in [5.41, 5.74) is 1.17. The van der Waals surface area contributed by atoms with Crippen LogP contribution in [0.2, 0.25) is 0 Å². The molecular weight excluding hydrogens is 224 g/mol. The Morgan fingerprint density at radius 3 is 2.39 bits per heavy atom. The van der Waals surface area contributed by atoms with Crippen LogP contribution >= 0.6 is 0 Å². The van der Waals surface area contributed by atoms with E-state index in [1.807, 2.05) is 19.3 Å². The maximum atomic E-state index is 4.29. The molecule has 100 valence electrons. The van der Waals surface area contributed by atoms with Gasteiger partial charge in [0.25, 0.3) is 0 Å². The largest absolute Gasteiger partial charge is 0.355 e. The van der Waals surface area contributed by atoms with Crippen molar-refractivity contribution in [2.45, 2.75) is 58.0 Å². The lowest BCUT2D eigenvalue weighted by atomic mass is 10.1. The highest BCUT2D eigenvalue weighted by Crippen LogP contribution is 2.17. The van der Waals surface area contributed by atoms with Crippen molar-refractivity contribution in [2.24, 2.45) is 0 Å². The molecule has 1 fully saturated rings. The van der Waals surface area contributed by atoms with Crippen LogP contribution in [-0.2, 0) is 6.54 Å². The van der Waals surface area contributed by atoms with Gasteiger partial charge in [-0.15, -0.1) is 0 Å². The summed E-state index contributed by atoms with van der Waals surface area (Å²) in [6, 6.07) is 0.681. The standard InChI is InChI=1S/C14H24N4/c1-2-15-14-17-10-12(11-18-14)9-16-13-7-5-3-4-6-8-13/h10-11,13,16H,2-9H2,1H3,(H,15,17,18). The van der Waals surface area contributed by atoms with Gasteiger partial charge in [-0.05, 0) is 19.8 Å². The molecule has 0 radical (unpaired) electrons. The van der Waals surface area contributed by atoms with Gasteiger partial charge >= 0.3 is 0 Å². The number of anilines is 1. The molecule has 0 spiro atoms. The Morgan fingerprint density at radius 2 is 1.78 bits per heavy atom. The smallest absolute Gasteiger partial charge is 0.222 e. The minimum atomic E-state index is 0.681. The molecule has 1 saturated carbocycles. The second-order valence-corrected chi connectivity index (χ2v) is 5.01. The van der Waals surface area contributed by atoms with Crippen LogP contribution in [0.25, 0.3) is 0 Å². The first-order valence-corrected chi connectivity index (χ1v) is 7.16. The summed E-state index contributed by atoms with van der Waals surface area (Å²) in [5, 5.41) is 6.73. The summed E-state index contributed by atoms with van der Waals surface area (Å²) in [4.78, 5) is 8.58. The van der Waals surface area contributed by atoms with E-state index in [0.717, 1.165) is 19.0 Å². The quantitative estimate of drug-likeness (QED) is 0.787. The summed E-state index contributed by atoms with van der Waals surface area (Å²) in [5.74, 6) is 0.718. The summed E-state index contributed by atoms with van der Waals surface area (Å²) in [6.45, 7) is 3.79. The third-order valence-corrected chi connectivity index (χ3v) is 3.49. The van der Waals surface area contributed by atoms with Gasteiger partial charge < -0.3 is 10.6 Å². The lowest BCUT2D eigenvalue weighted by Crippen LogP contribution is -2.28. The molecule has 1 aliphatic rings. The van der Waals surface area contributed by atoms with E-state index in [0.29, 0.717) is 6.04 Å². The fourth-order valence-corrected chi connectivity index (χ4v) is 2.44. The van der Waals surface area contributed by atoms with Crippen LogP contribution in [0.15, 0.2) is 12.4 Å². The summed E-state index contributed by atoms with van der Waals surface area (Å²) in [6.07, 6.45) is 12.0. The normalized spacial score (nSPS) is 17.4. The number of rotatable bonds is 5. The zero-order valence-electron chi connectivity index (χ0n) is 11.3. The Hall–Kier alpha value is -1.16. The molecule has 0 amide bonds. The fourth-order valence-electron chi connectivity index (χ4n) is 2.44. The molecule has 0 unspecified atom stereocenters. The van der Waals surface area contributed by atoms with E-state index in [9.17, 15) is 0 Å². The van der Waals surface area contributed by atoms with E-state index in [4.69, 9.17) is 0 Å². The molecule has 1 aromatic rings. The Labute approximate surface area is 110 Å². The van der Waals surface area contributed by atoms with Gasteiger partial charge in [-0.1, -0.05) is 25.7 Å². The molecule has 1 aromatic heterocycles. The van der Waals surface area contributed by atoms with Crippen molar-refractivity contribution in [1.82, 2.24) is 15.3 Å². The van der Waals surface area contributed by atoms with E-state index in [-0.39, 0.29) is 0 Å². The first-order valence-electron chi connectivity index (χ1n) is 7.16. The Morgan fingerprint density at radius 1 is 1.11 bits per heavy atom. The summed E-state index contributed by atoms with van der Waals surface area (Å²) in [7, 11) is 0. The van der Waals surface area contributed by atoms with Crippen LogP contribution in [0.1, 0.15) is 51.0 Å². The highest BCUT2D eigenvalue weighted by molar-refractivity contribution is 5.24. The topological polar surface area (TPSA) is 49.8 Å². The molecule has 0 atom stereocenters. The van der Waals surface area contributed by atoms with E-state index >= 15 is 0 Å². The predicted octanol–water partition coefficient (Wildman–Crippen LogP) is 2.72. The van der Waals surface area contributed by atoms with Crippen molar-refractivity contribution in [3.63, 3.8) is 0 Å². The van der Waals surface area contributed by atoms with E-state index < -0.39 is 0 Å². The second-order valence-electron chi connectivity index (χ2n) is 5.01. The van der Waals surface area contributed by atoms with Crippen LogP contribution < -0.4 is 10.6 Å². The van der Waals surface area contributed by atoms with E-state index in [2.05, 4.69) is 20.6 Å². The van der Waals surface area contributed by atoms with Gasteiger partial charge in [0, 0.05) is 37.1 Å². The average Bonchev–Trinajstić information content (AvgIpc) is 2.67. The van der Waals surface area contributed by atoms with Gasteiger partial charge in [0.1, 0.15) is 0 Å². The molecule has 1 heterocycles. The highest BCUT2D eigenvalue weighted by Gasteiger charge is 2.11. The molecule has 1 aliphatic carbocycles. The van der Waals surface area contributed by atoms with Crippen LogP contribution in [0.4, 0.5) is 5.95 Å². The monoisotopic (exact) mass is 248 g/mol. The molecule has 0 aliphatic heterocycles. The zero-order chi connectivity index (χ0) is 12.6. The molecule has 0 aromatic carbocycles. The van der Waals surface area contributed by atoms with Crippen LogP contribution in [-0.4, -0.2) is 22.6 Å². The van der Waals surface area contributed by atoms with Gasteiger partial charge in [0.2, 0.25) is 5.95 Å². The SMILES string of the molecule is CCNc1ncc(CNC2CCCCCC2)cn1. The third kappa shape index (κ3) is 4.26. The summed E-state index contributed by atoms with van der Waals surface area (Å²) < 4.78 is 0. The second kappa shape index (κ2) is 7.31. The van der Waals surface area contributed by atoms with Gasteiger partial charge in [0.05, 0.1) is 0 Å². The first-order chi connectivity index (χ1) is 8.88. The molecule has 2 N–H and O–H groups in total. The Balaban J connectivity index is 1.78. The van der Waals surface area contributed by atoms with Crippen molar-refractivity contribution in [3.05, 3.63) is 18.0 Å². The molecule has 2 rings (SSSR count). The van der Waals surface area contributed by atoms with Gasteiger partial charge in [-0.25, -0.2) is 9.97 Å². The van der Waals surface area contributed by atoms with Crippen molar-refractivity contribution < 1.29 is 0 Å². The predicted molar refractivity (Wildman–Crippen MR) is 74.5 cm³/mol. The Bertz CT molecular complexity index is 328. The number of aromatic nitrogens is 2. The molecule has 18 heavy (non-hydrogen) atoms. The minimum Gasteiger partial charge on any atom is -0.355 e. The Kier molecular flexibility index (Phi) is 5.39. The van der Waals surface area contributed by atoms with Crippen LogP contribution in [0.5, 0.6) is 0 Å². The molecule has 0 saturated heterocycles. The van der Waals surface area contributed by atoms with Crippen molar-refractivity contribution >= 4 is 5.95 Å². The average molecular weight is 248 g/mol. The van der Waals surface area contributed by atoms with E-state index in [1.54, 1.807) is 0 Å². The molecule has 0 bridgehead atoms. The highest BCUT2D eigenvalue weighted by atomic mass is 15.1. The number of hydrogen-bond acceptors (Lipinski definition) is 4. The van der Waals surface area contributed by atoms with Crippen LogP contribution in [0.3, 0.4) is 0 Å². The maximum Gasteiger partial charge on any atom is 0.222 e. The number of hydrogen-bond donors (Lipinski definition) is 2. The molecule has 4 nitrogen and oxygen atoms in total. The number of nitrogens with zero attached hydrogens (tertiary/aromatic N) is 2. The van der Waals surface area contributed by atoms with Crippen molar-refractivity contribution in [1.29, 1.82) is 0 Å². The zero-order valence-corrected chi connectivity index (χ0v) is 11.3. The van der Waals surface area contributed by atoms with Gasteiger partial charge in [-0.2, -0.15) is 0 Å². The van der Waals surface area contributed by atoms with Crippen molar-refractivity contribution in [2.75, 3.05) is 11.9 Å². The van der Waals surface area contributed by atoms with E-state index in [1.165, 1.54) is 44.1 Å². The lowest BCUT2D eigenvalue weighted by molar-refractivity contribution is 0.458. The lowest BCUT2D eigenvalue weighted by Gasteiger charge is -2.15.